The molecule has 0 spiro atoms. The summed E-state index contributed by atoms with van der Waals surface area (Å²) in [6, 6.07) is 18.7. The first-order valence-corrected chi connectivity index (χ1v) is 12.9. The van der Waals surface area contributed by atoms with Gasteiger partial charge in [-0.3, -0.25) is 14.2 Å². The van der Waals surface area contributed by atoms with Crippen LogP contribution in [0.2, 0.25) is 0 Å². The standard InChI is InChI=1S/C28H27N3O5S/c1-17(2)19-6-8-20(9-7-19)29-26(32)15-37-28-30-23-13-25-24(35-16-36-25)12-22(23)27(33)31(28)14-18-4-10-21(34-3)11-5-18/h4-13,17H,14-16H2,1-3H3,(H,29,32). The van der Waals surface area contributed by atoms with E-state index in [0.29, 0.717) is 40.0 Å². The highest BCUT2D eigenvalue weighted by atomic mass is 32.2. The Morgan fingerprint density at radius 1 is 1.08 bits per heavy atom. The quantitative estimate of drug-likeness (QED) is 0.259. The van der Waals surface area contributed by atoms with E-state index in [1.54, 1.807) is 23.8 Å². The van der Waals surface area contributed by atoms with E-state index in [1.807, 2.05) is 48.5 Å². The van der Waals surface area contributed by atoms with Crippen LogP contribution in [-0.4, -0.2) is 35.1 Å². The summed E-state index contributed by atoms with van der Waals surface area (Å²) in [4.78, 5) is 31.1. The molecule has 2 heterocycles. The molecule has 3 aromatic carbocycles. The third kappa shape index (κ3) is 5.41. The normalized spacial score (nSPS) is 12.2. The van der Waals surface area contributed by atoms with E-state index in [4.69, 9.17) is 19.2 Å². The molecule has 8 nitrogen and oxygen atoms in total. The number of ether oxygens (including phenoxy) is 3. The zero-order valence-electron chi connectivity index (χ0n) is 20.8. The van der Waals surface area contributed by atoms with Gasteiger partial charge in [0.2, 0.25) is 12.7 Å². The number of nitrogens with one attached hydrogen (secondary N) is 1. The van der Waals surface area contributed by atoms with Gasteiger partial charge in [0.05, 0.1) is 30.3 Å². The predicted molar refractivity (Wildman–Crippen MR) is 144 cm³/mol. The summed E-state index contributed by atoms with van der Waals surface area (Å²) in [5.41, 5.74) is 3.11. The van der Waals surface area contributed by atoms with Gasteiger partial charge in [-0.1, -0.05) is 49.9 Å². The van der Waals surface area contributed by atoms with Crippen LogP contribution in [0, 0.1) is 0 Å². The first-order chi connectivity index (χ1) is 17.9. The lowest BCUT2D eigenvalue weighted by molar-refractivity contribution is -0.113. The average Bonchev–Trinajstić information content (AvgIpc) is 3.36. The van der Waals surface area contributed by atoms with Gasteiger partial charge in [0.25, 0.3) is 5.56 Å². The molecule has 0 saturated carbocycles. The Hall–Kier alpha value is -3.98. The molecular weight excluding hydrogens is 490 g/mol. The molecule has 1 aliphatic rings. The molecule has 0 saturated heterocycles. The minimum Gasteiger partial charge on any atom is -0.497 e. The second kappa shape index (κ2) is 10.6. The highest BCUT2D eigenvalue weighted by molar-refractivity contribution is 7.99. The number of carbonyl (C=O) groups is 1. The van der Waals surface area contributed by atoms with Crippen LogP contribution in [0.1, 0.15) is 30.9 Å². The fourth-order valence-electron chi connectivity index (χ4n) is 4.03. The van der Waals surface area contributed by atoms with Crippen LogP contribution in [0.5, 0.6) is 17.2 Å². The van der Waals surface area contributed by atoms with Crippen LogP contribution in [0.3, 0.4) is 0 Å². The highest BCUT2D eigenvalue weighted by Crippen LogP contribution is 2.35. The molecule has 4 aromatic rings. The van der Waals surface area contributed by atoms with Gasteiger partial charge in [0.15, 0.2) is 16.7 Å². The van der Waals surface area contributed by atoms with Crippen molar-refractivity contribution in [3.8, 4) is 17.2 Å². The van der Waals surface area contributed by atoms with Crippen molar-refractivity contribution in [1.82, 2.24) is 9.55 Å². The summed E-state index contributed by atoms with van der Waals surface area (Å²) in [6.45, 7) is 4.64. The topological polar surface area (TPSA) is 91.7 Å². The fraction of sp³-hybridized carbons (Fsp3) is 0.250. The lowest BCUT2D eigenvalue weighted by atomic mass is 10.0. The zero-order valence-corrected chi connectivity index (χ0v) is 21.6. The second-order valence-electron chi connectivity index (χ2n) is 8.97. The molecule has 0 bridgehead atoms. The van der Waals surface area contributed by atoms with Crippen molar-refractivity contribution < 1.29 is 19.0 Å². The van der Waals surface area contributed by atoms with Gasteiger partial charge in [-0.2, -0.15) is 0 Å². The van der Waals surface area contributed by atoms with E-state index >= 15 is 0 Å². The maximum atomic E-state index is 13.6. The Morgan fingerprint density at radius 2 is 1.78 bits per heavy atom. The molecule has 5 rings (SSSR count). The van der Waals surface area contributed by atoms with Gasteiger partial charge < -0.3 is 19.5 Å². The lowest BCUT2D eigenvalue weighted by Crippen LogP contribution is -2.25. The minimum absolute atomic E-state index is 0.0943. The highest BCUT2D eigenvalue weighted by Gasteiger charge is 2.20. The molecule has 0 radical (unpaired) electrons. The number of methoxy groups -OCH3 is 1. The molecule has 37 heavy (non-hydrogen) atoms. The first kappa shape index (κ1) is 24.7. The number of anilines is 1. The van der Waals surface area contributed by atoms with Gasteiger partial charge in [-0.15, -0.1) is 0 Å². The number of benzene rings is 3. The number of rotatable bonds is 8. The van der Waals surface area contributed by atoms with Gasteiger partial charge in [-0.05, 0) is 47.4 Å². The van der Waals surface area contributed by atoms with E-state index in [9.17, 15) is 9.59 Å². The van der Waals surface area contributed by atoms with Gasteiger partial charge in [0, 0.05) is 11.8 Å². The second-order valence-corrected chi connectivity index (χ2v) is 9.91. The molecule has 0 atom stereocenters. The maximum absolute atomic E-state index is 13.6. The molecule has 1 aromatic heterocycles. The molecule has 1 aliphatic heterocycles. The Kier molecular flexibility index (Phi) is 7.05. The predicted octanol–water partition coefficient (Wildman–Crippen LogP) is 5.04. The number of amides is 1. The van der Waals surface area contributed by atoms with Crippen molar-refractivity contribution in [2.75, 3.05) is 25.0 Å². The number of thioether (sulfide) groups is 1. The molecule has 0 unspecified atom stereocenters. The summed E-state index contributed by atoms with van der Waals surface area (Å²) < 4.78 is 17.8. The van der Waals surface area contributed by atoms with Crippen molar-refractivity contribution in [1.29, 1.82) is 0 Å². The minimum atomic E-state index is -0.216. The van der Waals surface area contributed by atoms with E-state index in [-0.39, 0.29) is 24.0 Å². The van der Waals surface area contributed by atoms with E-state index in [0.717, 1.165) is 17.0 Å². The SMILES string of the molecule is COc1ccc(Cn2c(SCC(=O)Nc3ccc(C(C)C)cc3)nc3cc4c(cc3c2=O)OCO4)cc1. The zero-order chi connectivity index (χ0) is 25.9. The molecule has 1 N–H and O–H groups in total. The number of fused-ring (bicyclic) bond motifs is 2. The number of carbonyl (C=O) groups excluding carboxylic acids is 1. The molecule has 9 heteroatoms. The van der Waals surface area contributed by atoms with E-state index in [1.165, 1.54) is 17.3 Å². The Balaban J connectivity index is 1.42. The van der Waals surface area contributed by atoms with Crippen molar-refractivity contribution in [3.05, 3.63) is 82.1 Å². The molecule has 190 valence electrons. The van der Waals surface area contributed by atoms with Gasteiger partial charge in [0.1, 0.15) is 5.75 Å². The van der Waals surface area contributed by atoms with Crippen molar-refractivity contribution in [3.63, 3.8) is 0 Å². The van der Waals surface area contributed by atoms with Crippen LogP contribution in [0.15, 0.2) is 70.6 Å². The van der Waals surface area contributed by atoms with E-state index < -0.39 is 0 Å². The Bertz CT molecular complexity index is 1500. The van der Waals surface area contributed by atoms with Gasteiger partial charge in [-0.25, -0.2) is 4.98 Å². The Labute approximate surface area is 218 Å². The third-order valence-electron chi connectivity index (χ3n) is 6.11. The first-order valence-electron chi connectivity index (χ1n) is 11.9. The monoisotopic (exact) mass is 517 g/mol. The number of aromatic nitrogens is 2. The molecule has 1 amide bonds. The van der Waals surface area contributed by atoms with Crippen molar-refractivity contribution >= 4 is 34.3 Å². The number of hydrogen-bond acceptors (Lipinski definition) is 7. The van der Waals surface area contributed by atoms with Crippen LogP contribution >= 0.6 is 11.8 Å². The number of hydrogen-bond donors (Lipinski definition) is 1. The van der Waals surface area contributed by atoms with Crippen LogP contribution in [-0.2, 0) is 11.3 Å². The summed E-state index contributed by atoms with van der Waals surface area (Å²) in [7, 11) is 1.61. The van der Waals surface area contributed by atoms with E-state index in [2.05, 4.69) is 19.2 Å². The molecule has 0 aliphatic carbocycles. The summed E-state index contributed by atoms with van der Waals surface area (Å²) in [5.74, 6) is 2.12. The van der Waals surface area contributed by atoms with Crippen LogP contribution in [0.4, 0.5) is 5.69 Å². The molecule has 0 fully saturated rings. The van der Waals surface area contributed by atoms with Crippen molar-refractivity contribution in [2.45, 2.75) is 31.5 Å². The maximum Gasteiger partial charge on any atom is 0.262 e. The smallest absolute Gasteiger partial charge is 0.262 e. The largest absolute Gasteiger partial charge is 0.497 e. The average molecular weight is 518 g/mol. The summed E-state index contributed by atoms with van der Waals surface area (Å²) >= 11 is 1.21. The summed E-state index contributed by atoms with van der Waals surface area (Å²) in [6.07, 6.45) is 0. The van der Waals surface area contributed by atoms with Crippen LogP contribution < -0.4 is 25.1 Å². The number of nitrogens with zero attached hydrogens (tertiary/aromatic N) is 2. The third-order valence-corrected chi connectivity index (χ3v) is 7.08. The van der Waals surface area contributed by atoms with Crippen LogP contribution in [0.25, 0.3) is 10.9 Å². The lowest BCUT2D eigenvalue weighted by Gasteiger charge is -2.14. The molecular formula is C28H27N3O5S. The fourth-order valence-corrected chi connectivity index (χ4v) is 4.83. The summed E-state index contributed by atoms with van der Waals surface area (Å²) in [5, 5.41) is 3.79. The van der Waals surface area contributed by atoms with Gasteiger partial charge >= 0.3 is 0 Å². The Morgan fingerprint density at radius 3 is 2.46 bits per heavy atom. The van der Waals surface area contributed by atoms with Crippen molar-refractivity contribution in [2.24, 2.45) is 0 Å².